The van der Waals surface area contributed by atoms with E-state index in [1.54, 1.807) is 11.1 Å². The number of ether oxygens (including phenoxy) is 1. The van der Waals surface area contributed by atoms with E-state index in [0.29, 0.717) is 18.8 Å². The molecule has 3 rings (SSSR count). The van der Waals surface area contributed by atoms with E-state index in [1.165, 1.54) is 0 Å². The molecule has 1 aliphatic heterocycles. The predicted molar refractivity (Wildman–Crippen MR) is 113 cm³/mol. The summed E-state index contributed by atoms with van der Waals surface area (Å²) in [5, 5.41) is 3.37. The van der Waals surface area contributed by atoms with Gasteiger partial charge in [0.1, 0.15) is 5.60 Å². The Kier molecular flexibility index (Phi) is 5.63. The molecule has 2 aromatic rings. The van der Waals surface area contributed by atoms with E-state index in [9.17, 15) is 4.79 Å². The maximum atomic E-state index is 12.2. The Morgan fingerprint density at radius 1 is 1.14 bits per heavy atom. The third-order valence-electron chi connectivity index (χ3n) is 4.51. The lowest BCUT2D eigenvalue weighted by molar-refractivity contribution is 0.0240. The Bertz CT molecular complexity index is 839. The highest BCUT2D eigenvalue weighted by Crippen LogP contribution is 2.29. The Morgan fingerprint density at radius 2 is 1.86 bits per heavy atom. The number of carbonyl (C=O) groups is 1. The van der Waals surface area contributed by atoms with Crippen LogP contribution < -0.4 is 16.0 Å². The van der Waals surface area contributed by atoms with Crippen molar-refractivity contribution in [2.24, 2.45) is 0 Å². The number of aromatic nitrogens is 1. The number of hydrogen-bond donors (Lipinski definition) is 2. The highest BCUT2D eigenvalue weighted by Gasteiger charge is 2.26. The third-order valence-corrected chi connectivity index (χ3v) is 4.51. The van der Waals surface area contributed by atoms with Crippen LogP contribution in [0.5, 0.6) is 0 Å². The number of nitrogens with zero attached hydrogens (tertiary/aromatic N) is 3. The molecule has 1 aromatic heterocycles. The minimum Gasteiger partial charge on any atom is -0.444 e. The van der Waals surface area contributed by atoms with Gasteiger partial charge in [-0.05, 0) is 58.0 Å². The number of anilines is 4. The summed E-state index contributed by atoms with van der Waals surface area (Å²) in [6, 6.07) is 9.87. The van der Waals surface area contributed by atoms with Gasteiger partial charge in [-0.2, -0.15) is 0 Å². The summed E-state index contributed by atoms with van der Waals surface area (Å²) in [6.07, 6.45) is 1.52. The first kappa shape index (κ1) is 19.8. The van der Waals surface area contributed by atoms with E-state index >= 15 is 0 Å². The van der Waals surface area contributed by atoms with E-state index < -0.39 is 5.60 Å². The monoisotopic (exact) mass is 383 g/mol. The maximum absolute atomic E-state index is 12.2. The molecular formula is C21H29N5O2. The SMILES string of the molecule is Cc1cc(Nc2cc(N3CCN(C(=O)OC(C)(C)C)CC3)ccc2N)ccn1. The van der Waals surface area contributed by atoms with Crippen molar-refractivity contribution in [2.75, 3.05) is 42.1 Å². The van der Waals surface area contributed by atoms with Gasteiger partial charge in [-0.1, -0.05) is 0 Å². The molecule has 0 radical (unpaired) electrons. The van der Waals surface area contributed by atoms with Gasteiger partial charge >= 0.3 is 6.09 Å². The van der Waals surface area contributed by atoms with Crippen molar-refractivity contribution in [3.63, 3.8) is 0 Å². The molecule has 7 nitrogen and oxygen atoms in total. The normalized spacial score (nSPS) is 14.7. The van der Waals surface area contributed by atoms with Crippen LogP contribution >= 0.6 is 0 Å². The zero-order valence-electron chi connectivity index (χ0n) is 17.0. The summed E-state index contributed by atoms with van der Waals surface area (Å²) in [5.41, 5.74) is 10.2. The molecule has 2 heterocycles. The molecule has 1 fully saturated rings. The second-order valence-electron chi connectivity index (χ2n) is 8.04. The van der Waals surface area contributed by atoms with Crippen molar-refractivity contribution in [2.45, 2.75) is 33.3 Å². The number of rotatable bonds is 3. The van der Waals surface area contributed by atoms with Crippen LogP contribution in [0.3, 0.4) is 0 Å². The summed E-state index contributed by atoms with van der Waals surface area (Å²) in [4.78, 5) is 20.5. The number of carbonyl (C=O) groups excluding carboxylic acids is 1. The van der Waals surface area contributed by atoms with Crippen LogP contribution in [0, 0.1) is 6.92 Å². The number of nitrogens with two attached hydrogens (primary N) is 1. The molecule has 0 saturated carbocycles. The number of benzene rings is 1. The van der Waals surface area contributed by atoms with Crippen LogP contribution in [-0.2, 0) is 4.74 Å². The summed E-state index contributed by atoms with van der Waals surface area (Å²) in [5.74, 6) is 0. The first-order valence-corrected chi connectivity index (χ1v) is 9.53. The molecule has 0 unspecified atom stereocenters. The van der Waals surface area contributed by atoms with E-state index in [1.807, 2.05) is 58.0 Å². The summed E-state index contributed by atoms with van der Waals surface area (Å²) in [6.45, 7) is 10.4. The van der Waals surface area contributed by atoms with Gasteiger partial charge in [-0.25, -0.2) is 4.79 Å². The standard InChI is InChI=1S/C21H29N5O2/c1-15-13-16(7-8-23-15)24-19-14-17(5-6-18(19)22)25-9-11-26(12-10-25)20(27)28-21(2,3)4/h5-8,13-14H,9-12,22H2,1-4H3,(H,23,24). The number of nitrogens with one attached hydrogen (secondary N) is 1. The summed E-state index contributed by atoms with van der Waals surface area (Å²) >= 11 is 0. The van der Waals surface area contributed by atoms with Crippen molar-refractivity contribution in [1.29, 1.82) is 0 Å². The van der Waals surface area contributed by atoms with Gasteiger partial charge in [-0.3, -0.25) is 4.98 Å². The largest absolute Gasteiger partial charge is 0.444 e. The van der Waals surface area contributed by atoms with Crippen molar-refractivity contribution in [3.8, 4) is 0 Å². The summed E-state index contributed by atoms with van der Waals surface area (Å²) < 4.78 is 5.47. The second kappa shape index (κ2) is 7.96. The van der Waals surface area contributed by atoms with Gasteiger partial charge in [-0.15, -0.1) is 0 Å². The van der Waals surface area contributed by atoms with Gasteiger partial charge in [0.2, 0.25) is 0 Å². The number of hydrogen-bond acceptors (Lipinski definition) is 6. The fourth-order valence-electron chi connectivity index (χ4n) is 3.10. The molecule has 0 bridgehead atoms. The molecule has 3 N–H and O–H groups in total. The number of piperazine rings is 1. The topological polar surface area (TPSA) is 83.7 Å². The van der Waals surface area contributed by atoms with Gasteiger partial charge < -0.3 is 25.6 Å². The fraction of sp³-hybridized carbons (Fsp3) is 0.429. The lowest BCUT2D eigenvalue weighted by Gasteiger charge is -2.37. The minimum absolute atomic E-state index is 0.250. The first-order valence-electron chi connectivity index (χ1n) is 9.53. The molecule has 1 aliphatic rings. The maximum Gasteiger partial charge on any atom is 0.410 e. The fourth-order valence-corrected chi connectivity index (χ4v) is 3.10. The van der Waals surface area contributed by atoms with Crippen LogP contribution in [0.15, 0.2) is 36.5 Å². The molecular weight excluding hydrogens is 354 g/mol. The highest BCUT2D eigenvalue weighted by molar-refractivity contribution is 5.77. The minimum atomic E-state index is -0.475. The van der Waals surface area contributed by atoms with E-state index in [4.69, 9.17) is 10.5 Å². The summed E-state index contributed by atoms with van der Waals surface area (Å²) in [7, 11) is 0. The molecule has 0 aliphatic carbocycles. The molecule has 1 aromatic carbocycles. The van der Waals surface area contributed by atoms with Crippen LogP contribution in [0.1, 0.15) is 26.5 Å². The van der Waals surface area contributed by atoms with Crippen molar-refractivity contribution < 1.29 is 9.53 Å². The Balaban J connectivity index is 1.66. The lowest BCUT2D eigenvalue weighted by atomic mass is 10.2. The molecule has 28 heavy (non-hydrogen) atoms. The van der Waals surface area contributed by atoms with E-state index in [2.05, 4.69) is 15.2 Å². The quantitative estimate of drug-likeness (QED) is 0.785. The van der Waals surface area contributed by atoms with Gasteiger partial charge in [0.05, 0.1) is 11.4 Å². The average Bonchev–Trinajstić information content (AvgIpc) is 2.62. The number of nitrogen functional groups attached to an aromatic ring is 1. The smallest absolute Gasteiger partial charge is 0.410 e. The van der Waals surface area contributed by atoms with Gasteiger partial charge in [0.15, 0.2) is 0 Å². The van der Waals surface area contributed by atoms with Crippen molar-refractivity contribution in [3.05, 3.63) is 42.2 Å². The number of aryl methyl sites for hydroxylation is 1. The third kappa shape index (κ3) is 5.06. The second-order valence-corrected chi connectivity index (χ2v) is 8.04. The Labute approximate surface area is 166 Å². The van der Waals surface area contributed by atoms with Crippen LogP contribution in [0.25, 0.3) is 0 Å². The Hall–Kier alpha value is -2.96. The highest BCUT2D eigenvalue weighted by atomic mass is 16.6. The van der Waals surface area contributed by atoms with Gasteiger partial charge in [0.25, 0.3) is 0 Å². The lowest BCUT2D eigenvalue weighted by Crippen LogP contribution is -2.50. The van der Waals surface area contributed by atoms with E-state index in [0.717, 1.165) is 35.8 Å². The van der Waals surface area contributed by atoms with Crippen LogP contribution in [0.2, 0.25) is 0 Å². The van der Waals surface area contributed by atoms with E-state index in [-0.39, 0.29) is 6.09 Å². The predicted octanol–water partition coefficient (Wildman–Crippen LogP) is 3.77. The van der Waals surface area contributed by atoms with Crippen LogP contribution in [0.4, 0.5) is 27.5 Å². The van der Waals surface area contributed by atoms with Gasteiger partial charge in [0, 0.05) is 49.4 Å². The zero-order chi connectivity index (χ0) is 20.3. The number of pyridine rings is 1. The first-order chi connectivity index (χ1) is 13.2. The molecule has 1 saturated heterocycles. The van der Waals surface area contributed by atoms with Crippen molar-refractivity contribution >= 4 is 28.8 Å². The Morgan fingerprint density at radius 3 is 2.50 bits per heavy atom. The van der Waals surface area contributed by atoms with Crippen molar-refractivity contribution in [1.82, 2.24) is 9.88 Å². The molecule has 0 atom stereocenters. The molecule has 1 amide bonds. The molecule has 7 heteroatoms. The molecule has 150 valence electrons. The average molecular weight is 383 g/mol. The molecule has 0 spiro atoms. The zero-order valence-corrected chi connectivity index (χ0v) is 17.0. The van der Waals surface area contributed by atoms with Crippen LogP contribution in [-0.4, -0.2) is 47.8 Å². The number of amides is 1.